The summed E-state index contributed by atoms with van der Waals surface area (Å²) in [6.07, 6.45) is 2.60. The quantitative estimate of drug-likeness (QED) is 0.735. The Balaban J connectivity index is 2.85. The summed E-state index contributed by atoms with van der Waals surface area (Å²) in [6, 6.07) is 7.70. The van der Waals surface area contributed by atoms with E-state index in [1.807, 2.05) is 31.2 Å². The number of rotatable bonds is 9. The second-order valence-corrected chi connectivity index (χ2v) is 6.88. The second kappa shape index (κ2) is 8.27. The third-order valence-corrected chi connectivity index (χ3v) is 4.52. The molecular weight excluding hydrogens is 272 g/mol. The first-order valence-electron chi connectivity index (χ1n) is 7.33. The van der Waals surface area contributed by atoms with Crippen LogP contribution in [0.2, 0.25) is 0 Å². The number of sulfonamides is 1. The minimum Gasteiger partial charge on any atom is -0.310 e. The van der Waals surface area contributed by atoms with E-state index < -0.39 is 10.0 Å². The average Bonchev–Trinajstić information content (AvgIpc) is 2.43. The Bertz CT molecular complexity index is 500. The van der Waals surface area contributed by atoms with Gasteiger partial charge in [-0.2, -0.15) is 0 Å². The lowest BCUT2D eigenvalue weighted by molar-refractivity contribution is 0.571. The van der Waals surface area contributed by atoms with Crippen LogP contribution < -0.4 is 10.0 Å². The van der Waals surface area contributed by atoms with Crippen LogP contribution in [0.3, 0.4) is 0 Å². The van der Waals surface area contributed by atoms with Crippen LogP contribution in [0.5, 0.6) is 0 Å². The molecule has 0 aliphatic heterocycles. The maximum Gasteiger partial charge on any atom is 0.232 e. The molecule has 0 bridgehead atoms. The summed E-state index contributed by atoms with van der Waals surface area (Å²) in [7, 11) is -3.25. The number of para-hydroxylation sites is 1. The summed E-state index contributed by atoms with van der Waals surface area (Å²) in [5.41, 5.74) is 1.67. The van der Waals surface area contributed by atoms with E-state index in [2.05, 4.69) is 23.9 Å². The average molecular weight is 298 g/mol. The normalized spacial score (nSPS) is 13.2. The molecule has 114 valence electrons. The van der Waals surface area contributed by atoms with Gasteiger partial charge in [0.05, 0.1) is 11.4 Å². The molecule has 0 aliphatic carbocycles. The summed E-state index contributed by atoms with van der Waals surface area (Å²) in [4.78, 5) is 0. The fraction of sp³-hybridized carbons (Fsp3) is 0.600. The largest absolute Gasteiger partial charge is 0.310 e. The molecule has 0 amide bonds. The topological polar surface area (TPSA) is 58.2 Å². The van der Waals surface area contributed by atoms with Crippen molar-refractivity contribution in [3.63, 3.8) is 0 Å². The Kier molecular flexibility index (Phi) is 7.02. The minimum absolute atomic E-state index is 0.125. The smallest absolute Gasteiger partial charge is 0.232 e. The van der Waals surface area contributed by atoms with Gasteiger partial charge in [0.25, 0.3) is 0 Å². The number of anilines is 1. The zero-order chi connectivity index (χ0) is 15.0. The number of nitrogens with one attached hydrogen (secondary N) is 2. The Morgan fingerprint density at radius 2 is 1.85 bits per heavy atom. The van der Waals surface area contributed by atoms with Crippen molar-refractivity contribution in [3.8, 4) is 0 Å². The van der Waals surface area contributed by atoms with E-state index in [1.54, 1.807) is 0 Å². The molecule has 0 radical (unpaired) electrons. The van der Waals surface area contributed by atoms with E-state index in [-0.39, 0.29) is 11.8 Å². The fourth-order valence-electron chi connectivity index (χ4n) is 1.99. The van der Waals surface area contributed by atoms with Gasteiger partial charge in [-0.1, -0.05) is 38.5 Å². The van der Waals surface area contributed by atoms with Crippen LogP contribution in [0.1, 0.15) is 51.6 Å². The van der Waals surface area contributed by atoms with Crippen molar-refractivity contribution in [2.45, 2.75) is 46.1 Å². The third-order valence-electron chi connectivity index (χ3n) is 3.16. The van der Waals surface area contributed by atoms with Gasteiger partial charge < -0.3 is 5.32 Å². The molecule has 1 atom stereocenters. The van der Waals surface area contributed by atoms with E-state index in [0.29, 0.717) is 12.1 Å². The molecule has 0 fully saturated rings. The lowest BCUT2D eigenvalue weighted by atomic mass is 10.1. The molecule has 1 aromatic carbocycles. The summed E-state index contributed by atoms with van der Waals surface area (Å²) in [5.74, 6) is 0.175. The molecule has 4 nitrogen and oxygen atoms in total. The Morgan fingerprint density at radius 1 is 1.15 bits per heavy atom. The SMILES string of the molecule is CCCCS(=O)(=O)Nc1ccccc1C(C)NCCC. The molecule has 0 saturated carbocycles. The number of benzene rings is 1. The second-order valence-electron chi connectivity index (χ2n) is 5.04. The molecule has 5 heteroatoms. The van der Waals surface area contributed by atoms with Gasteiger partial charge in [0.2, 0.25) is 10.0 Å². The molecule has 1 rings (SSSR count). The predicted molar refractivity (Wildman–Crippen MR) is 85.5 cm³/mol. The highest BCUT2D eigenvalue weighted by molar-refractivity contribution is 7.92. The molecule has 20 heavy (non-hydrogen) atoms. The van der Waals surface area contributed by atoms with E-state index in [0.717, 1.165) is 24.9 Å². The molecule has 0 spiro atoms. The molecule has 0 saturated heterocycles. The molecule has 1 aromatic rings. The predicted octanol–water partition coefficient (Wildman–Crippen LogP) is 3.29. The summed E-state index contributed by atoms with van der Waals surface area (Å²) < 4.78 is 26.7. The van der Waals surface area contributed by atoms with Crippen molar-refractivity contribution in [1.29, 1.82) is 0 Å². The van der Waals surface area contributed by atoms with E-state index >= 15 is 0 Å². The van der Waals surface area contributed by atoms with Gasteiger partial charge in [0.15, 0.2) is 0 Å². The highest BCUT2D eigenvalue weighted by Gasteiger charge is 2.15. The highest BCUT2D eigenvalue weighted by atomic mass is 32.2. The zero-order valence-electron chi connectivity index (χ0n) is 12.6. The van der Waals surface area contributed by atoms with Crippen LogP contribution >= 0.6 is 0 Å². The van der Waals surface area contributed by atoms with Gasteiger partial charge in [-0.05, 0) is 37.9 Å². The molecular formula is C15H26N2O2S. The van der Waals surface area contributed by atoms with Crippen LogP contribution in [0.4, 0.5) is 5.69 Å². The highest BCUT2D eigenvalue weighted by Crippen LogP contribution is 2.23. The third kappa shape index (κ3) is 5.51. The molecule has 0 aliphatic rings. The number of unbranched alkanes of at least 4 members (excludes halogenated alkanes) is 1. The van der Waals surface area contributed by atoms with Gasteiger partial charge in [-0.15, -0.1) is 0 Å². The fourth-order valence-corrected chi connectivity index (χ4v) is 3.28. The Hall–Kier alpha value is -1.07. The lowest BCUT2D eigenvalue weighted by Gasteiger charge is -2.18. The first kappa shape index (κ1) is 17.0. The molecule has 1 unspecified atom stereocenters. The summed E-state index contributed by atoms with van der Waals surface area (Å²) in [5, 5.41) is 3.38. The van der Waals surface area contributed by atoms with Crippen molar-refractivity contribution in [2.75, 3.05) is 17.0 Å². The van der Waals surface area contributed by atoms with Crippen molar-refractivity contribution >= 4 is 15.7 Å². The summed E-state index contributed by atoms with van der Waals surface area (Å²) >= 11 is 0. The minimum atomic E-state index is -3.25. The van der Waals surface area contributed by atoms with E-state index in [4.69, 9.17) is 0 Å². The van der Waals surface area contributed by atoms with Crippen LogP contribution in [-0.4, -0.2) is 20.7 Å². The van der Waals surface area contributed by atoms with Crippen molar-refractivity contribution in [3.05, 3.63) is 29.8 Å². The lowest BCUT2D eigenvalue weighted by Crippen LogP contribution is -2.22. The first-order chi connectivity index (χ1) is 9.50. The van der Waals surface area contributed by atoms with E-state index in [9.17, 15) is 8.42 Å². The monoisotopic (exact) mass is 298 g/mol. The van der Waals surface area contributed by atoms with Crippen molar-refractivity contribution < 1.29 is 8.42 Å². The Morgan fingerprint density at radius 3 is 2.50 bits per heavy atom. The van der Waals surface area contributed by atoms with Gasteiger partial charge in [-0.25, -0.2) is 8.42 Å². The van der Waals surface area contributed by atoms with Crippen molar-refractivity contribution in [1.82, 2.24) is 5.32 Å². The summed E-state index contributed by atoms with van der Waals surface area (Å²) in [6.45, 7) is 7.06. The van der Waals surface area contributed by atoms with E-state index in [1.165, 1.54) is 0 Å². The Labute approximate surface area is 123 Å². The maximum absolute atomic E-state index is 12.0. The standard InChI is InChI=1S/C15H26N2O2S/c1-4-6-12-20(18,19)17-15-10-8-7-9-14(15)13(3)16-11-5-2/h7-10,13,16-17H,4-6,11-12H2,1-3H3. The van der Waals surface area contributed by atoms with Crippen molar-refractivity contribution in [2.24, 2.45) is 0 Å². The van der Waals surface area contributed by atoms with Crippen LogP contribution in [0.15, 0.2) is 24.3 Å². The molecule has 0 aromatic heterocycles. The van der Waals surface area contributed by atoms with Gasteiger partial charge in [-0.3, -0.25) is 4.72 Å². The van der Waals surface area contributed by atoms with Gasteiger partial charge >= 0.3 is 0 Å². The first-order valence-corrected chi connectivity index (χ1v) is 8.98. The number of hydrogen-bond donors (Lipinski definition) is 2. The van der Waals surface area contributed by atoms with Crippen LogP contribution in [0, 0.1) is 0 Å². The molecule has 2 N–H and O–H groups in total. The molecule has 0 heterocycles. The zero-order valence-corrected chi connectivity index (χ0v) is 13.5. The number of hydrogen-bond acceptors (Lipinski definition) is 3. The van der Waals surface area contributed by atoms with Gasteiger partial charge in [0.1, 0.15) is 0 Å². The van der Waals surface area contributed by atoms with Crippen LogP contribution in [0.25, 0.3) is 0 Å². The van der Waals surface area contributed by atoms with Gasteiger partial charge in [0, 0.05) is 6.04 Å². The maximum atomic E-state index is 12.0. The van der Waals surface area contributed by atoms with Crippen LogP contribution in [-0.2, 0) is 10.0 Å².